The lowest BCUT2D eigenvalue weighted by atomic mass is 10.0. The molecule has 8 N–H and O–H groups in total. The molecule has 0 saturated carbocycles. The molecule has 0 radical (unpaired) electrons. The molecular formula is C38H54N8O6S2. The molecule has 294 valence electrons. The highest BCUT2D eigenvalue weighted by Crippen LogP contribution is 2.40. The van der Waals surface area contributed by atoms with E-state index in [9.17, 15) is 28.8 Å². The molecule has 2 aromatic rings. The molecule has 2 fully saturated rings. The standard InChI is InChI=1S/C38H54N8O6S2/c1-7-39-31(49)27(43-25(47)21-23-15-11-9-12-16-23)35-45-29(37(3,4)53-35)33(51)41-19-20-42-34(52)30-38(5,6)54-36(46-30)28(32(50)40-8-2)44-26(48)22-24-17-13-10-14-18-24/h9-18,27-30,35-36,45-46H,7-8,19-22H2,1-6H3,(H,39,49)(H,40,50)(H,41,51)(H,42,52)(H,43,47)(H,44,48)/t27-,28?,29+,30+,35-,36-/m1/s1. The quantitative estimate of drug-likeness (QED) is 0.105. The minimum Gasteiger partial charge on any atom is -0.355 e. The number of hydrogen-bond donors (Lipinski definition) is 8. The number of rotatable bonds is 17. The molecule has 2 heterocycles. The molecule has 54 heavy (non-hydrogen) atoms. The molecule has 6 amide bonds. The number of nitrogens with one attached hydrogen (secondary N) is 8. The third kappa shape index (κ3) is 11.7. The van der Waals surface area contributed by atoms with Crippen molar-refractivity contribution in [2.75, 3.05) is 26.2 Å². The number of hydrogen-bond acceptors (Lipinski definition) is 10. The van der Waals surface area contributed by atoms with Crippen LogP contribution in [0.3, 0.4) is 0 Å². The van der Waals surface area contributed by atoms with E-state index >= 15 is 0 Å². The molecule has 1 unspecified atom stereocenters. The van der Waals surface area contributed by atoms with E-state index in [1.165, 1.54) is 23.5 Å². The number of likely N-dealkylation sites (N-methyl/N-ethyl adjacent to an activating group) is 2. The number of benzene rings is 2. The largest absolute Gasteiger partial charge is 0.355 e. The lowest BCUT2D eigenvalue weighted by molar-refractivity contribution is -0.129. The van der Waals surface area contributed by atoms with Gasteiger partial charge in [-0.25, -0.2) is 0 Å². The Labute approximate surface area is 326 Å². The zero-order valence-electron chi connectivity index (χ0n) is 31.7. The third-order valence-corrected chi connectivity index (χ3v) is 12.1. The molecule has 14 nitrogen and oxygen atoms in total. The van der Waals surface area contributed by atoms with E-state index in [1.54, 1.807) is 13.8 Å². The molecular weight excluding hydrogens is 729 g/mol. The second-order valence-corrected chi connectivity index (χ2v) is 17.9. The zero-order chi connectivity index (χ0) is 39.5. The first-order chi connectivity index (χ1) is 25.6. The summed E-state index contributed by atoms with van der Waals surface area (Å²) in [5.41, 5.74) is 1.64. The smallest absolute Gasteiger partial charge is 0.245 e. The Morgan fingerprint density at radius 1 is 0.593 bits per heavy atom. The van der Waals surface area contributed by atoms with Crippen LogP contribution in [0.1, 0.15) is 52.7 Å². The Hall–Kier alpha value is -4.12. The topological polar surface area (TPSA) is 199 Å². The van der Waals surface area contributed by atoms with Crippen molar-refractivity contribution in [1.82, 2.24) is 42.5 Å². The van der Waals surface area contributed by atoms with Gasteiger partial charge in [0.15, 0.2) is 0 Å². The number of carbonyl (C=O) groups excluding carboxylic acids is 6. The normalized spacial score (nSPS) is 22.3. The fourth-order valence-corrected chi connectivity index (χ4v) is 9.41. The molecule has 2 aliphatic heterocycles. The Balaban J connectivity index is 1.30. The average Bonchev–Trinajstić information content (AvgIpc) is 3.62. The number of carbonyl (C=O) groups is 6. The van der Waals surface area contributed by atoms with Crippen LogP contribution in [-0.2, 0) is 41.6 Å². The number of amides is 6. The van der Waals surface area contributed by atoms with Gasteiger partial charge >= 0.3 is 0 Å². The Bertz CT molecular complexity index is 1510. The van der Waals surface area contributed by atoms with Gasteiger partial charge in [0, 0.05) is 35.7 Å². The van der Waals surface area contributed by atoms with Gasteiger partial charge in [0.2, 0.25) is 35.4 Å². The van der Waals surface area contributed by atoms with E-state index in [0.29, 0.717) is 13.1 Å². The summed E-state index contributed by atoms with van der Waals surface area (Å²) in [5, 5.41) is 22.5. The second kappa shape index (κ2) is 19.5. The molecule has 0 aromatic heterocycles. The molecule has 0 aliphatic carbocycles. The fraction of sp³-hybridized carbons (Fsp3) is 0.526. The van der Waals surface area contributed by atoms with Crippen LogP contribution in [0.25, 0.3) is 0 Å². The van der Waals surface area contributed by atoms with Crippen molar-refractivity contribution in [3.8, 4) is 0 Å². The molecule has 2 aliphatic rings. The van der Waals surface area contributed by atoms with Gasteiger partial charge in [-0.2, -0.15) is 0 Å². The maximum Gasteiger partial charge on any atom is 0.245 e. The van der Waals surface area contributed by atoms with E-state index in [2.05, 4.69) is 42.5 Å². The molecule has 2 saturated heterocycles. The Morgan fingerprint density at radius 3 is 1.28 bits per heavy atom. The predicted molar refractivity (Wildman–Crippen MR) is 212 cm³/mol. The first-order valence-corrected chi connectivity index (χ1v) is 20.1. The highest BCUT2D eigenvalue weighted by molar-refractivity contribution is 8.01. The monoisotopic (exact) mass is 782 g/mol. The predicted octanol–water partition coefficient (Wildman–Crippen LogP) is 0.565. The van der Waals surface area contributed by atoms with E-state index in [1.807, 2.05) is 88.4 Å². The summed E-state index contributed by atoms with van der Waals surface area (Å²) >= 11 is 2.81. The van der Waals surface area contributed by atoms with E-state index < -0.39 is 44.4 Å². The summed E-state index contributed by atoms with van der Waals surface area (Å²) in [6.45, 7) is 12.2. The van der Waals surface area contributed by atoms with Crippen LogP contribution >= 0.6 is 23.5 Å². The summed E-state index contributed by atoms with van der Waals surface area (Å²) in [4.78, 5) is 79.0. The summed E-state index contributed by atoms with van der Waals surface area (Å²) < 4.78 is -1.26. The number of thioether (sulfide) groups is 2. The molecule has 2 aromatic carbocycles. The van der Waals surface area contributed by atoms with E-state index in [4.69, 9.17) is 0 Å². The Morgan fingerprint density at radius 2 is 0.944 bits per heavy atom. The summed E-state index contributed by atoms with van der Waals surface area (Å²) in [6.07, 6.45) is 0.223. The van der Waals surface area contributed by atoms with Crippen molar-refractivity contribution in [1.29, 1.82) is 0 Å². The molecule has 0 spiro atoms. The van der Waals surface area contributed by atoms with Gasteiger partial charge in [0.05, 0.1) is 23.6 Å². The van der Waals surface area contributed by atoms with Crippen LogP contribution in [0.15, 0.2) is 60.7 Å². The van der Waals surface area contributed by atoms with Gasteiger partial charge in [-0.05, 0) is 52.7 Å². The van der Waals surface area contributed by atoms with E-state index in [-0.39, 0.29) is 61.4 Å². The summed E-state index contributed by atoms with van der Waals surface area (Å²) in [5.74, 6) is -1.92. The summed E-state index contributed by atoms with van der Waals surface area (Å²) in [6, 6.07) is 15.3. The minimum absolute atomic E-state index is 0.111. The Kier molecular flexibility index (Phi) is 15.4. The van der Waals surface area contributed by atoms with Crippen LogP contribution in [-0.4, -0.2) is 106 Å². The van der Waals surface area contributed by atoms with Crippen LogP contribution < -0.4 is 42.5 Å². The lowest BCUT2D eigenvalue weighted by Gasteiger charge is -2.25. The molecule has 6 atom stereocenters. The van der Waals surface area contributed by atoms with Crippen LogP contribution in [0.5, 0.6) is 0 Å². The van der Waals surface area contributed by atoms with Crippen molar-refractivity contribution in [2.24, 2.45) is 0 Å². The molecule has 0 bridgehead atoms. The maximum atomic E-state index is 13.5. The highest BCUT2D eigenvalue weighted by Gasteiger charge is 2.50. The van der Waals surface area contributed by atoms with Gasteiger partial charge in [-0.1, -0.05) is 60.7 Å². The van der Waals surface area contributed by atoms with Crippen molar-refractivity contribution in [2.45, 2.75) is 98.8 Å². The van der Waals surface area contributed by atoms with Crippen molar-refractivity contribution < 1.29 is 28.8 Å². The third-order valence-electron chi connectivity index (χ3n) is 9.08. The van der Waals surface area contributed by atoms with Crippen molar-refractivity contribution in [3.63, 3.8) is 0 Å². The fourth-order valence-electron chi connectivity index (χ4n) is 6.41. The SMILES string of the molecule is CCNC(=O)C(NC(=O)Cc1ccccc1)[C@@H]1N[C@@H](C(=O)NCCNC(=O)[C@@H]2N[C@@H]([C@H](NC(=O)Cc3ccccc3)C(=O)NCC)SC2(C)C)C(C)(C)S1. The van der Waals surface area contributed by atoms with Gasteiger partial charge < -0.3 is 31.9 Å². The van der Waals surface area contributed by atoms with Crippen molar-refractivity contribution >= 4 is 59.0 Å². The minimum atomic E-state index is -0.920. The molecule has 16 heteroatoms. The zero-order valence-corrected chi connectivity index (χ0v) is 33.4. The van der Waals surface area contributed by atoms with Crippen LogP contribution in [0, 0.1) is 0 Å². The van der Waals surface area contributed by atoms with Crippen molar-refractivity contribution in [3.05, 3.63) is 71.8 Å². The van der Waals surface area contributed by atoms with Gasteiger partial charge in [-0.3, -0.25) is 39.4 Å². The summed E-state index contributed by atoms with van der Waals surface area (Å²) in [7, 11) is 0. The van der Waals surface area contributed by atoms with Gasteiger partial charge in [-0.15, -0.1) is 23.5 Å². The van der Waals surface area contributed by atoms with Crippen LogP contribution in [0.2, 0.25) is 0 Å². The van der Waals surface area contributed by atoms with Gasteiger partial charge in [0.1, 0.15) is 24.2 Å². The second-order valence-electron chi connectivity index (χ2n) is 14.3. The van der Waals surface area contributed by atoms with E-state index in [0.717, 1.165) is 11.1 Å². The lowest BCUT2D eigenvalue weighted by Crippen LogP contribution is -2.59. The first-order valence-electron chi connectivity index (χ1n) is 18.3. The maximum absolute atomic E-state index is 13.5. The van der Waals surface area contributed by atoms with Gasteiger partial charge in [0.25, 0.3) is 0 Å². The average molecular weight is 783 g/mol. The highest BCUT2D eigenvalue weighted by atomic mass is 32.2. The molecule has 4 rings (SSSR count). The van der Waals surface area contributed by atoms with Crippen LogP contribution in [0.4, 0.5) is 0 Å². The first kappa shape index (κ1) is 42.6.